The van der Waals surface area contributed by atoms with Crippen molar-refractivity contribution in [2.45, 2.75) is 13.0 Å². The van der Waals surface area contributed by atoms with Crippen LogP contribution < -0.4 is 29.6 Å². The molecule has 8 heteroatoms. The van der Waals surface area contributed by atoms with Crippen molar-refractivity contribution in [3.8, 4) is 23.0 Å². The third-order valence-corrected chi connectivity index (χ3v) is 4.10. The predicted octanol–water partition coefficient (Wildman–Crippen LogP) is 2.68. The molecule has 2 N–H and O–H groups in total. The molecule has 8 nitrogen and oxygen atoms in total. The van der Waals surface area contributed by atoms with Gasteiger partial charge < -0.3 is 29.6 Å². The third-order valence-electron chi connectivity index (χ3n) is 4.10. The van der Waals surface area contributed by atoms with E-state index in [4.69, 9.17) is 18.9 Å². The van der Waals surface area contributed by atoms with Crippen molar-refractivity contribution in [3.05, 3.63) is 35.9 Å². The molecular formula is C19H20N2O6. The summed E-state index contributed by atoms with van der Waals surface area (Å²) in [6.45, 7) is 1.67. The predicted molar refractivity (Wildman–Crippen MR) is 99.2 cm³/mol. The van der Waals surface area contributed by atoms with Crippen LogP contribution in [0.5, 0.6) is 23.0 Å². The van der Waals surface area contributed by atoms with Crippen LogP contribution in [0.2, 0.25) is 0 Å². The topological polar surface area (TPSA) is 95.1 Å². The molecule has 0 saturated heterocycles. The van der Waals surface area contributed by atoms with Crippen molar-refractivity contribution in [2.75, 3.05) is 32.0 Å². The van der Waals surface area contributed by atoms with Crippen LogP contribution in [0.15, 0.2) is 30.3 Å². The molecule has 2 aromatic carbocycles. The molecule has 2 amide bonds. The zero-order valence-corrected chi connectivity index (χ0v) is 15.4. The summed E-state index contributed by atoms with van der Waals surface area (Å²) in [4.78, 5) is 24.4. The second kappa shape index (κ2) is 7.45. The highest BCUT2D eigenvalue weighted by molar-refractivity contribution is 6.06. The van der Waals surface area contributed by atoms with Crippen LogP contribution >= 0.6 is 0 Å². The maximum absolute atomic E-state index is 12.7. The average Bonchev–Trinajstić information content (AvgIpc) is 2.67. The van der Waals surface area contributed by atoms with E-state index in [0.29, 0.717) is 39.9 Å². The molecule has 1 aliphatic heterocycles. The number of hydrogen-bond acceptors (Lipinski definition) is 6. The first kappa shape index (κ1) is 18.4. The van der Waals surface area contributed by atoms with Crippen molar-refractivity contribution < 1.29 is 28.5 Å². The Bertz CT molecular complexity index is 871. The molecule has 0 aliphatic carbocycles. The van der Waals surface area contributed by atoms with E-state index in [9.17, 15) is 9.59 Å². The van der Waals surface area contributed by atoms with Crippen molar-refractivity contribution in [3.63, 3.8) is 0 Å². The molecule has 1 aliphatic rings. The van der Waals surface area contributed by atoms with Gasteiger partial charge in [-0.1, -0.05) is 0 Å². The molecule has 0 bridgehead atoms. The number of amides is 2. The number of nitrogens with one attached hydrogen (secondary N) is 2. The monoisotopic (exact) mass is 372 g/mol. The van der Waals surface area contributed by atoms with E-state index in [2.05, 4.69) is 10.6 Å². The lowest BCUT2D eigenvalue weighted by Gasteiger charge is -2.23. The Morgan fingerprint density at radius 1 is 1.07 bits per heavy atom. The second-order valence-corrected chi connectivity index (χ2v) is 5.83. The Morgan fingerprint density at radius 2 is 1.74 bits per heavy atom. The summed E-state index contributed by atoms with van der Waals surface area (Å²) >= 11 is 0. The van der Waals surface area contributed by atoms with Gasteiger partial charge in [0.25, 0.3) is 11.8 Å². The lowest BCUT2D eigenvalue weighted by atomic mass is 10.1. The fourth-order valence-electron chi connectivity index (χ4n) is 2.70. The van der Waals surface area contributed by atoms with Crippen LogP contribution in [0.3, 0.4) is 0 Å². The lowest BCUT2D eigenvalue weighted by Crippen LogP contribution is -2.34. The van der Waals surface area contributed by atoms with Gasteiger partial charge in [0.15, 0.2) is 17.6 Å². The Labute approximate surface area is 156 Å². The minimum absolute atomic E-state index is 0.240. The highest BCUT2D eigenvalue weighted by atomic mass is 16.5. The van der Waals surface area contributed by atoms with Crippen molar-refractivity contribution in [1.82, 2.24) is 0 Å². The highest BCUT2D eigenvalue weighted by Gasteiger charge is 2.24. The summed E-state index contributed by atoms with van der Waals surface area (Å²) in [5, 5.41) is 5.52. The van der Waals surface area contributed by atoms with Gasteiger partial charge in [-0.25, -0.2) is 0 Å². The Kier molecular flexibility index (Phi) is 5.07. The number of methoxy groups -OCH3 is 3. The van der Waals surface area contributed by atoms with E-state index in [1.807, 2.05) is 0 Å². The Hall–Kier alpha value is -3.42. The molecule has 3 rings (SSSR count). The normalized spacial score (nSPS) is 15.1. The van der Waals surface area contributed by atoms with Crippen molar-refractivity contribution in [1.29, 1.82) is 0 Å². The van der Waals surface area contributed by atoms with E-state index >= 15 is 0 Å². The summed E-state index contributed by atoms with van der Waals surface area (Å²) in [6.07, 6.45) is -0.558. The fraction of sp³-hybridized carbons (Fsp3) is 0.263. The molecule has 1 heterocycles. The number of benzene rings is 2. The van der Waals surface area contributed by atoms with Gasteiger partial charge in [0.1, 0.15) is 5.75 Å². The molecule has 0 radical (unpaired) electrons. The molecule has 0 spiro atoms. The quantitative estimate of drug-likeness (QED) is 0.838. The molecule has 2 aromatic rings. The first-order valence-corrected chi connectivity index (χ1v) is 8.19. The van der Waals surface area contributed by atoms with Crippen LogP contribution in [-0.4, -0.2) is 39.2 Å². The van der Waals surface area contributed by atoms with E-state index in [-0.39, 0.29) is 11.8 Å². The van der Waals surface area contributed by atoms with Gasteiger partial charge in [0, 0.05) is 11.3 Å². The van der Waals surface area contributed by atoms with Gasteiger partial charge >= 0.3 is 0 Å². The molecule has 0 unspecified atom stereocenters. The van der Waals surface area contributed by atoms with Gasteiger partial charge in [-0.3, -0.25) is 9.59 Å². The third kappa shape index (κ3) is 3.59. The maximum atomic E-state index is 12.7. The molecular weight excluding hydrogens is 352 g/mol. The minimum Gasteiger partial charge on any atom is -0.493 e. The Balaban J connectivity index is 1.86. The summed E-state index contributed by atoms with van der Waals surface area (Å²) < 4.78 is 21.3. The molecule has 1 atom stereocenters. The first-order chi connectivity index (χ1) is 13.0. The summed E-state index contributed by atoms with van der Waals surface area (Å²) in [5.41, 5.74) is 1.34. The van der Waals surface area contributed by atoms with Gasteiger partial charge in [0.05, 0.1) is 27.0 Å². The fourth-order valence-corrected chi connectivity index (χ4v) is 2.70. The van der Waals surface area contributed by atoms with Crippen molar-refractivity contribution in [2.24, 2.45) is 0 Å². The number of anilines is 2. The van der Waals surface area contributed by atoms with Crippen LogP contribution in [0.1, 0.15) is 17.3 Å². The van der Waals surface area contributed by atoms with Crippen LogP contribution in [0, 0.1) is 0 Å². The molecule has 0 aromatic heterocycles. The SMILES string of the molecule is COc1cc(C(=O)Nc2ccc3c(c2)NC(=O)[C@@H](C)O3)cc(OC)c1OC. The molecule has 27 heavy (non-hydrogen) atoms. The number of carbonyl (C=O) groups is 2. The summed E-state index contributed by atoms with van der Waals surface area (Å²) in [6, 6.07) is 8.13. The molecule has 142 valence electrons. The smallest absolute Gasteiger partial charge is 0.265 e. The summed E-state index contributed by atoms with van der Waals surface area (Å²) in [5.74, 6) is 1.10. The highest BCUT2D eigenvalue weighted by Crippen LogP contribution is 2.38. The Morgan fingerprint density at radius 3 is 2.33 bits per heavy atom. The first-order valence-electron chi connectivity index (χ1n) is 8.19. The van der Waals surface area contributed by atoms with E-state index in [1.165, 1.54) is 21.3 Å². The summed E-state index contributed by atoms with van der Waals surface area (Å²) in [7, 11) is 4.45. The van der Waals surface area contributed by atoms with Gasteiger partial charge in [-0.2, -0.15) is 0 Å². The number of rotatable bonds is 5. The van der Waals surface area contributed by atoms with E-state index < -0.39 is 6.10 Å². The van der Waals surface area contributed by atoms with E-state index in [1.54, 1.807) is 37.3 Å². The van der Waals surface area contributed by atoms with E-state index in [0.717, 1.165) is 0 Å². The van der Waals surface area contributed by atoms with Crippen molar-refractivity contribution >= 4 is 23.2 Å². The second-order valence-electron chi connectivity index (χ2n) is 5.83. The zero-order valence-electron chi connectivity index (χ0n) is 15.4. The van der Waals surface area contributed by atoms with Gasteiger partial charge in [-0.05, 0) is 37.3 Å². The van der Waals surface area contributed by atoms with Gasteiger partial charge in [0.2, 0.25) is 5.75 Å². The lowest BCUT2D eigenvalue weighted by molar-refractivity contribution is -0.122. The number of carbonyl (C=O) groups excluding carboxylic acids is 2. The van der Waals surface area contributed by atoms with Gasteiger partial charge in [-0.15, -0.1) is 0 Å². The molecule has 0 fully saturated rings. The number of fused-ring (bicyclic) bond motifs is 1. The van der Waals surface area contributed by atoms with Crippen LogP contribution in [0.4, 0.5) is 11.4 Å². The standard InChI is InChI=1S/C19H20N2O6/c1-10-18(22)21-13-9-12(5-6-14(13)27-10)20-19(23)11-7-15(24-2)17(26-4)16(8-11)25-3/h5-10H,1-4H3,(H,20,23)(H,21,22)/t10-/m1/s1. The number of hydrogen-bond donors (Lipinski definition) is 2. The largest absolute Gasteiger partial charge is 0.493 e. The van der Waals surface area contributed by atoms with Crippen LogP contribution in [0.25, 0.3) is 0 Å². The van der Waals surface area contributed by atoms with Crippen LogP contribution in [-0.2, 0) is 4.79 Å². The minimum atomic E-state index is -0.558. The molecule has 0 saturated carbocycles. The maximum Gasteiger partial charge on any atom is 0.265 e. The average molecular weight is 372 g/mol. The zero-order chi connectivity index (χ0) is 19.6. The number of ether oxygens (including phenoxy) is 4.